The minimum Gasteiger partial charge on any atom is -0.451 e. The molecule has 0 radical (unpaired) electrons. The molecule has 1 fully saturated rings. The SMILES string of the molecule is Cc1cc2cc(C(=O)N3CCC(CO)C3)oc2cc1C. The van der Waals surface area contributed by atoms with Crippen molar-refractivity contribution < 1.29 is 14.3 Å². The highest BCUT2D eigenvalue weighted by Gasteiger charge is 2.28. The Labute approximate surface area is 118 Å². The molecule has 1 aliphatic heterocycles. The average molecular weight is 273 g/mol. The Balaban J connectivity index is 1.89. The van der Waals surface area contributed by atoms with Crippen LogP contribution in [0, 0.1) is 19.8 Å². The van der Waals surface area contributed by atoms with Gasteiger partial charge in [0.05, 0.1) is 0 Å². The van der Waals surface area contributed by atoms with Gasteiger partial charge >= 0.3 is 0 Å². The van der Waals surface area contributed by atoms with Crippen LogP contribution in [0.3, 0.4) is 0 Å². The van der Waals surface area contributed by atoms with Crippen LogP contribution < -0.4 is 0 Å². The zero-order chi connectivity index (χ0) is 14.3. The van der Waals surface area contributed by atoms with Crippen LogP contribution in [-0.2, 0) is 0 Å². The number of aliphatic hydroxyl groups excluding tert-OH is 1. The quantitative estimate of drug-likeness (QED) is 0.914. The third-order valence-corrected chi connectivity index (χ3v) is 4.17. The van der Waals surface area contributed by atoms with E-state index in [4.69, 9.17) is 9.52 Å². The molecule has 1 saturated heterocycles. The Morgan fingerprint density at radius 2 is 2.10 bits per heavy atom. The number of rotatable bonds is 2. The number of furan rings is 1. The third kappa shape index (κ3) is 2.20. The molecular weight excluding hydrogens is 254 g/mol. The second-order valence-electron chi connectivity index (χ2n) is 5.67. The molecule has 0 bridgehead atoms. The van der Waals surface area contributed by atoms with E-state index in [0.29, 0.717) is 18.8 Å². The van der Waals surface area contributed by atoms with Gasteiger partial charge in [-0.1, -0.05) is 0 Å². The van der Waals surface area contributed by atoms with Crippen molar-refractivity contribution in [1.82, 2.24) is 4.90 Å². The van der Waals surface area contributed by atoms with E-state index in [0.717, 1.165) is 23.0 Å². The fourth-order valence-corrected chi connectivity index (χ4v) is 2.73. The number of hydrogen-bond donors (Lipinski definition) is 1. The largest absolute Gasteiger partial charge is 0.451 e. The summed E-state index contributed by atoms with van der Waals surface area (Å²) < 4.78 is 5.69. The Hall–Kier alpha value is -1.81. The normalized spacial score (nSPS) is 18.9. The second kappa shape index (κ2) is 4.94. The van der Waals surface area contributed by atoms with Crippen LogP contribution >= 0.6 is 0 Å². The smallest absolute Gasteiger partial charge is 0.289 e. The molecule has 2 heterocycles. The van der Waals surface area contributed by atoms with E-state index in [9.17, 15) is 4.79 Å². The van der Waals surface area contributed by atoms with Crippen molar-refractivity contribution in [1.29, 1.82) is 0 Å². The van der Waals surface area contributed by atoms with Gasteiger partial charge < -0.3 is 14.4 Å². The number of aliphatic hydroxyl groups is 1. The number of benzene rings is 1. The van der Waals surface area contributed by atoms with Gasteiger partial charge in [-0.15, -0.1) is 0 Å². The van der Waals surface area contributed by atoms with Crippen LogP contribution in [0.15, 0.2) is 22.6 Å². The van der Waals surface area contributed by atoms with Crippen LogP contribution in [0.5, 0.6) is 0 Å². The lowest BCUT2D eigenvalue weighted by Crippen LogP contribution is -2.28. The lowest BCUT2D eigenvalue weighted by Gasteiger charge is -2.13. The summed E-state index contributed by atoms with van der Waals surface area (Å²) in [5.41, 5.74) is 3.11. The number of likely N-dealkylation sites (tertiary alicyclic amines) is 1. The van der Waals surface area contributed by atoms with Gasteiger partial charge in [0.1, 0.15) is 5.58 Å². The molecule has 106 valence electrons. The highest BCUT2D eigenvalue weighted by atomic mass is 16.3. The van der Waals surface area contributed by atoms with E-state index in [1.807, 2.05) is 25.1 Å². The van der Waals surface area contributed by atoms with Gasteiger partial charge in [-0.05, 0) is 49.6 Å². The molecule has 1 aromatic heterocycles. The summed E-state index contributed by atoms with van der Waals surface area (Å²) in [6, 6.07) is 5.84. The van der Waals surface area contributed by atoms with Crippen LogP contribution in [0.2, 0.25) is 0 Å². The molecule has 0 aliphatic carbocycles. The molecule has 0 spiro atoms. The monoisotopic (exact) mass is 273 g/mol. The molecular formula is C16H19NO3. The maximum absolute atomic E-state index is 12.4. The van der Waals surface area contributed by atoms with Crippen molar-refractivity contribution in [3.8, 4) is 0 Å². The number of amides is 1. The van der Waals surface area contributed by atoms with Gasteiger partial charge in [0.2, 0.25) is 0 Å². The van der Waals surface area contributed by atoms with E-state index >= 15 is 0 Å². The van der Waals surface area contributed by atoms with Gasteiger partial charge in [0.15, 0.2) is 5.76 Å². The van der Waals surface area contributed by atoms with Gasteiger partial charge in [-0.2, -0.15) is 0 Å². The van der Waals surface area contributed by atoms with E-state index in [1.54, 1.807) is 4.90 Å². The molecule has 0 saturated carbocycles. The van der Waals surface area contributed by atoms with Crippen molar-refractivity contribution >= 4 is 16.9 Å². The predicted octanol–water partition coefficient (Wildman–Crippen LogP) is 2.50. The highest BCUT2D eigenvalue weighted by Crippen LogP contribution is 2.25. The summed E-state index contributed by atoms with van der Waals surface area (Å²) in [7, 11) is 0. The second-order valence-corrected chi connectivity index (χ2v) is 5.67. The van der Waals surface area contributed by atoms with E-state index in [2.05, 4.69) is 6.92 Å². The topological polar surface area (TPSA) is 53.7 Å². The molecule has 20 heavy (non-hydrogen) atoms. The maximum atomic E-state index is 12.4. The fraction of sp³-hybridized carbons (Fsp3) is 0.438. The molecule has 1 atom stereocenters. The molecule has 1 N–H and O–H groups in total. The van der Waals surface area contributed by atoms with E-state index < -0.39 is 0 Å². The summed E-state index contributed by atoms with van der Waals surface area (Å²) in [6.45, 7) is 5.53. The Morgan fingerprint density at radius 1 is 1.35 bits per heavy atom. The highest BCUT2D eigenvalue weighted by molar-refractivity contribution is 5.96. The van der Waals surface area contributed by atoms with Crippen molar-refractivity contribution in [3.05, 3.63) is 35.1 Å². The van der Waals surface area contributed by atoms with Crippen LogP contribution in [0.4, 0.5) is 0 Å². The van der Waals surface area contributed by atoms with Crippen molar-refractivity contribution in [3.63, 3.8) is 0 Å². The van der Waals surface area contributed by atoms with Gasteiger partial charge in [-0.25, -0.2) is 0 Å². The summed E-state index contributed by atoms with van der Waals surface area (Å²) in [5.74, 6) is 0.517. The zero-order valence-electron chi connectivity index (χ0n) is 11.8. The van der Waals surface area contributed by atoms with Crippen LogP contribution in [-0.4, -0.2) is 35.6 Å². The van der Waals surface area contributed by atoms with Gasteiger partial charge in [0.25, 0.3) is 5.91 Å². The zero-order valence-corrected chi connectivity index (χ0v) is 11.8. The summed E-state index contributed by atoms with van der Waals surface area (Å²) in [6.07, 6.45) is 0.862. The lowest BCUT2D eigenvalue weighted by molar-refractivity contribution is 0.0752. The first-order chi connectivity index (χ1) is 9.58. The third-order valence-electron chi connectivity index (χ3n) is 4.17. The van der Waals surface area contributed by atoms with Crippen molar-refractivity contribution in [2.24, 2.45) is 5.92 Å². The number of carbonyl (C=O) groups is 1. The van der Waals surface area contributed by atoms with Gasteiger partial charge in [-0.3, -0.25) is 4.79 Å². The maximum Gasteiger partial charge on any atom is 0.289 e. The van der Waals surface area contributed by atoms with E-state index in [-0.39, 0.29) is 18.4 Å². The van der Waals surface area contributed by atoms with Crippen LogP contribution in [0.25, 0.3) is 11.0 Å². The Bertz CT molecular complexity index is 620. The summed E-state index contributed by atoms with van der Waals surface area (Å²) in [5, 5.41) is 10.1. The molecule has 1 aliphatic rings. The van der Waals surface area contributed by atoms with Gasteiger partial charge in [0, 0.05) is 31.0 Å². The molecule has 4 nitrogen and oxygen atoms in total. The number of hydrogen-bond acceptors (Lipinski definition) is 3. The first kappa shape index (κ1) is 13.2. The van der Waals surface area contributed by atoms with Crippen molar-refractivity contribution in [2.45, 2.75) is 20.3 Å². The summed E-state index contributed by atoms with van der Waals surface area (Å²) >= 11 is 0. The first-order valence-electron chi connectivity index (χ1n) is 6.99. The predicted molar refractivity (Wildman–Crippen MR) is 76.8 cm³/mol. The molecule has 2 aromatic rings. The van der Waals surface area contributed by atoms with Crippen molar-refractivity contribution in [2.75, 3.05) is 19.7 Å². The van der Waals surface area contributed by atoms with Crippen LogP contribution in [0.1, 0.15) is 28.1 Å². The first-order valence-corrected chi connectivity index (χ1v) is 6.99. The molecule has 1 aromatic carbocycles. The number of carbonyl (C=O) groups excluding carboxylic acids is 1. The molecule has 1 unspecified atom stereocenters. The number of fused-ring (bicyclic) bond motifs is 1. The Kier molecular flexibility index (Phi) is 3.26. The standard InChI is InChI=1S/C16H19NO3/c1-10-5-13-7-15(20-14(13)6-11(10)2)16(19)17-4-3-12(8-17)9-18/h5-7,12,18H,3-4,8-9H2,1-2H3. The number of nitrogens with zero attached hydrogens (tertiary/aromatic N) is 1. The lowest BCUT2D eigenvalue weighted by atomic mass is 10.1. The minimum atomic E-state index is -0.0764. The average Bonchev–Trinajstić information content (AvgIpc) is 3.05. The molecule has 4 heteroatoms. The van der Waals surface area contributed by atoms with E-state index in [1.165, 1.54) is 5.56 Å². The minimum absolute atomic E-state index is 0.0764. The number of aryl methyl sites for hydroxylation is 2. The molecule has 1 amide bonds. The fourth-order valence-electron chi connectivity index (χ4n) is 2.73. The Morgan fingerprint density at radius 3 is 2.80 bits per heavy atom. The molecule has 3 rings (SSSR count). The summed E-state index contributed by atoms with van der Waals surface area (Å²) in [4.78, 5) is 14.2.